The van der Waals surface area contributed by atoms with Gasteiger partial charge in [-0.3, -0.25) is 20.5 Å². The number of aliphatic hydroxyl groups is 1. The number of likely N-dealkylation sites (N-methyl/N-ethyl adjacent to an activating group) is 1. The Morgan fingerprint density at radius 1 is 1.14 bits per heavy atom. The number of carbonyl (C=O) groups is 3. The largest absolute Gasteiger partial charge is 0.454 e. The molecule has 0 radical (unpaired) electrons. The number of nitrogens with one attached hydrogen (secondary N) is 5. The zero-order chi connectivity index (χ0) is 31.4. The van der Waals surface area contributed by atoms with Gasteiger partial charge in [0, 0.05) is 13.0 Å². The van der Waals surface area contributed by atoms with E-state index < -0.39 is 88.9 Å². The number of hydrogen-bond donors (Lipinski definition) is 6. The number of benzene rings is 1. The van der Waals surface area contributed by atoms with Gasteiger partial charge in [0.1, 0.15) is 23.9 Å². The van der Waals surface area contributed by atoms with Crippen LogP contribution in [0.25, 0.3) is 0 Å². The van der Waals surface area contributed by atoms with Gasteiger partial charge in [-0.25, -0.2) is 9.59 Å². The van der Waals surface area contributed by atoms with Crippen molar-refractivity contribution in [2.24, 2.45) is 5.92 Å². The lowest BCUT2D eigenvalue weighted by molar-refractivity contribution is -0.142. The highest BCUT2D eigenvalue weighted by Crippen LogP contribution is 2.60. The SMILES string of the molecule is CN1CC(=O)N(C[C@@H]2NC(=N)N3CC(OC(=O)c4cc(C(F)(F)F)ccc4C(F)(F)F)[C@@]4(O)C[C@H]4C34NC(=N)NC24)C1=O. The second-order valence-electron chi connectivity index (χ2n) is 11.2. The molecule has 43 heavy (non-hydrogen) atoms. The van der Waals surface area contributed by atoms with Crippen molar-refractivity contribution in [2.75, 3.05) is 26.7 Å². The molecule has 6 atom stereocenters. The van der Waals surface area contributed by atoms with Crippen molar-refractivity contribution in [1.82, 2.24) is 30.7 Å². The van der Waals surface area contributed by atoms with Crippen molar-refractivity contribution >= 4 is 29.8 Å². The highest BCUT2D eigenvalue weighted by molar-refractivity contribution is 6.02. The number of halogens is 6. The summed E-state index contributed by atoms with van der Waals surface area (Å²) in [6, 6.07) is -1.87. The molecule has 19 heteroatoms. The smallest absolute Gasteiger partial charge is 0.417 e. The predicted octanol–water partition coefficient (Wildman–Crippen LogP) is 0.309. The van der Waals surface area contributed by atoms with Crippen LogP contribution in [0.2, 0.25) is 0 Å². The Morgan fingerprint density at radius 3 is 2.44 bits per heavy atom. The molecular weight excluding hydrogens is 594 g/mol. The third-order valence-electron chi connectivity index (χ3n) is 8.68. The Morgan fingerprint density at radius 2 is 1.84 bits per heavy atom. The summed E-state index contributed by atoms with van der Waals surface area (Å²) in [6.45, 7) is -0.837. The first-order chi connectivity index (χ1) is 19.9. The van der Waals surface area contributed by atoms with E-state index in [2.05, 4.69) is 16.0 Å². The normalized spacial score (nSPS) is 33.3. The van der Waals surface area contributed by atoms with Gasteiger partial charge in [-0.2, -0.15) is 26.3 Å². The summed E-state index contributed by atoms with van der Waals surface area (Å²) in [5.74, 6) is -3.67. The molecule has 4 aliphatic heterocycles. The van der Waals surface area contributed by atoms with Crippen LogP contribution in [0.4, 0.5) is 31.1 Å². The number of nitrogens with zero attached hydrogens (tertiary/aromatic N) is 3. The van der Waals surface area contributed by atoms with E-state index >= 15 is 0 Å². The van der Waals surface area contributed by atoms with Gasteiger partial charge in [-0.05, 0) is 24.6 Å². The summed E-state index contributed by atoms with van der Waals surface area (Å²) in [4.78, 5) is 41.4. The Labute approximate surface area is 238 Å². The first-order valence-electron chi connectivity index (χ1n) is 12.9. The van der Waals surface area contributed by atoms with Crippen LogP contribution in [0.1, 0.15) is 27.9 Å². The molecule has 0 bridgehead atoms. The molecule has 232 valence electrons. The summed E-state index contributed by atoms with van der Waals surface area (Å²) < 4.78 is 85.9. The minimum absolute atomic E-state index is 0.0389. The molecule has 0 aromatic heterocycles. The van der Waals surface area contributed by atoms with Crippen molar-refractivity contribution < 1.29 is 50.6 Å². The molecule has 1 aliphatic carbocycles. The first-order valence-corrected chi connectivity index (χ1v) is 12.9. The average Bonchev–Trinajstić information content (AvgIpc) is 3.42. The fourth-order valence-electron chi connectivity index (χ4n) is 6.63. The molecule has 4 saturated heterocycles. The summed E-state index contributed by atoms with van der Waals surface area (Å²) in [5, 5.41) is 37.1. The molecule has 3 amide bonds. The van der Waals surface area contributed by atoms with Gasteiger partial charge in [-0.1, -0.05) is 0 Å². The van der Waals surface area contributed by atoms with E-state index in [1.165, 1.54) is 16.8 Å². The molecule has 13 nitrogen and oxygen atoms in total. The Hall–Kier alpha value is -4.29. The standard InChI is InChI=1S/C24H24F6N8O5/c1-36-8-15(39)37(20(36)41)6-12-16-22(35-18(31)34-16)13-5-21(13,42)14(7-38(22)19(32)33-12)43-17(40)10-4-9(23(25,26)27)2-3-11(10)24(28,29)30/h2-4,12-14,16,42H,5-8H2,1H3,(H2,32,33)(H3,31,34,35)/t12-,13+,14?,16?,21+,22?/m0/s1. The fourth-order valence-corrected chi connectivity index (χ4v) is 6.63. The molecule has 1 aromatic rings. The van der Waals surface area contributed by atoms with Gasteiger partial charge in [0.2, 0.25) is 5.91 Å². The number of guanidine groups is 2. The maximum atomic E-state index is 13.6. The highest BCUT2D eigenvalue weighted by Gasteiger charge is 2.78. The van der Waals surface area contributed by atoms with Crippen molar-refractivity contribution in [3.05, 3.63) is 34.9 Å². The number of fused-ring (bicyclic) bond motifs is 1. The number of amides is 3. The van der Waals surface area contributed by atoms with Crippen LogP contribution in [0.5, 0.6) is 0 Å². The third-order valence-corrected chi connectivity index (χ3v) is 8.68. The number of rotatable bonds is 4. The van der Waals surface area contributed by atoms with Gasteiger partial charge in [0.05, 0.1) is 41.9 Å². The zero-order valence-corrected chi connectivity index (χ0v) is 22.1. The van der Waals surface area contributed by atoms with E-state index in [1.807, 2.05) is 0 Å². The lowest BCUT2D eigenvalue weighted by Gasteiger charge is -2.56. The molecule has 6 rings (SSSR count). The second kappa shape index (κ2) is 8.87. The van der Waals surface area contributed by atoms with Gasteiger partial charge >= 0.3 is 24.4 Å². The molecule has 1 spiro atoms. The van der Waals surface area contributed by atoms with Gasteiger partial charge in [0.25, 0.3) is 0 Å². The summed E-state index contributed by atoms with van der Waals surface area (Å²) in [7, 11) is 1.44. The minimum atomic E-state index is -5.19. The van der Waals surface area contributed by atoms with E-state index in [0.717, 1.165) is 4.90 Å². The molecule has 4 heterocycles. The topological polar surface area (TPSA) is 174 Å². The van der Waals surface area contributed by atoms with Crippen LogP contribution >= 0.6 is 0 Å². The highest BCUT2D eigenvalue weighted by atomic mass is 19.4. The Bertz CT molecular complexity index is 1470. The molecule has 1 saturated carbocycles. The molecule has 5 aliphatic rings. The van der Waals surface area contributed by atoms with E-state index in [4.69, 9.17) is 15.6 Å². The Kier molecular flexibility index (Phi) is 5.94. The van der Waals surface area contributed by atoms with Crippen LogP contribution in [-0.2, 0) is 21.9 Å². The molecule has 3 unspecified atom stereocenters. The van der Waals surface area contributed by atoms with Crippen LogP contribution in [-0.4, -0.2) is 106 Å². The number of alkyl halides is 6. The van der Waals surface area contributed by atoms with Gasteiger partial charge in [-0.15, -0.1) is 0 Å². The summed E-state index contributed by atoms with van der Waals surface area (Å²) in [5.41, 5.74) is -7.84. The third kappa shape index (κ3) is 4.22. The molecule has 6 N–H and O–H groups in total. The maximum absolute atomic E-state index is 13.6. The quantitative estimate of drug-likeness (QED) is 0.158. The summed E-state index contributed by atoms with van der Waals surface area (Å²) in [6.07, 6.45) is -11.9. The number of carbonyl (C=O) groups excluding carboxylic acids is 3. The van der Waals surface area contributed by atoms with Gasteiger partial charge < -0.3 is 35.6 Å². The number of piperidine rings is 1. The van der Waals surface area contributed by atoms with Crippen molar-refractivity contribution in [3.8, 4) is 0 Å². The number of urea groups is 1. The first kappa shape index (κ1) is 28.8. The van der Waals surface area contributed by atoms with Crippen LogP contribution in [0.15, 0.2) is 18.2 Å². The lowest BCUT2D eigenvalue weighted by atomic mass is 9.81. The number of imide groups is 1. The fraction of sp³-hybridized carbons (Fsp3) is 0.542. The van der Waals surface area contributed by atoms with Crippen LogP contribution in [0, 0.1) is 16.7 Å². The predicted molar refractivity (Wildman–Crippen MR) is 130 cm³/mol. The number of ether oxygens (including phenoxy) is 1. The molecule has 5 fully saturated rings. The summed E-state index contributed by atoms with van der Waals surface area (Å²) >= 11 is 0. The maximum Gasteiger partial charge on any atom is 0.417 e. The second-order valence-corrected chi connectivity index (χ2v) is 11.2. The van der Waals surface area contributed by atoms with Crippen molar-refractivity contribution in [2.45, 2.75) is 48.2 Å². The van der Waals surface area contributed by atoms with Crippen LogP contribution in [0.3, 0.4) is 0 Å². The number of esters is 1. The molecular formula is C24H24F6N8O5. The average molecular weight is 618 g/mol. The van der Waals surface area contributed by atoms with E-state index in [0.29, 0.717) is 0 Å². The van der Waals surface area contributed by atoms with E-state index in [1.54, 1.807) is 0 Å². The Balaban J connectivity index is 1.29. The van der Waals surface area contributed by atoms with Crippen molar-refractivity contribution in [3.63, 3.8) is 0 Å². The van der Waals surface area contributed by atoms with Crippen molar-refractivity contribution in [1.29, 1.82) is 10.8 Å². The monoisotopic (exact) mass is 618 g/mol. The van der Waals surface area contributed by atoms with Gasteiger partial charge in [0.15, 0.2) is 11.9 Å². The van der Waals surface area contributed by atoms with E-state index in [-0.39, 0.29) is 49.6 Å². The van der Waals surface area contributed by atoms with Crippen LogP contribution < -0.4 is 16.0 Å². The minimum Gasteiger partial charge on any atom is -0.454 e. The van der Waals surface area contributed by atoms with E-state index in [9.17, 15) is 45.8 Å². The number of hydrogen-bond acceptors (Lipinski definition) is 7. The zero-order valence-electron chi connectivity index (χ0n) is 22.1. The molecule has 1 aromatic carbocycles. The lowest BCUT2D eigenvalue weighted by Crippen LogP contribution is -2.81.